The SMILES string of the molecule is CC(Sc1nncn1C)c1cccc(CC(=O)c2ccncn2)c1. The number of thioether (sulfide) groups is 1. The van der Waals surface area contributed by atoms with Crippen LogP contribution >= 0.6 is 11.8 Å². The van der Waals surface area contributed by atoms with Gasteiger partial charge >= 0.3 is 0 Å². The molecule has 1 unspecified atom stereocenters. The summed E-state index contributed by atoms with van der Waals surface area (Å²) in [5, 5.41) is 9.07. The molecule has 24 heavy (non-hydrogen) atoms. The standard InChI is InChI=1S/C17H17N5OS/c1-12(24-17-21-20-11-22(17)2)14-5-3-4-13(8-14)9-16(23)15-6-7-18-10-19-15/h3-8,10-12H,9H2,1-2H3. The zero-order chi connectivity index (χ0) is 16.9. The molecule has 0 saturated carbocycles. The van der Waals surface area contributed by atoms with E-state index in [1.165, 1.54) is 6.33 Å². The van der Waals surface area contributed by atoms with E-state index in [4.69, 9.17) is 0 Å². The van der Waals surface area contributed by atoms with Gasteiger partial charge in [0, 0.05) is 24.9 Å². The van der Waals surface area contributed by atoms with Gasteiger partial charge in [0.25, 0.3) is 0 Å². The Morgan fingerprint density at radius 3 is 2.92 bits per heavy atom. The third-order valence-electron chi connectivity index (χ3n) is 3.60. The van der Waals surface area contributed by atoms with Crippen molar-refractivity contribution in [2.75, 3.05) is 0 Å². The third-order valence-corrected chi connectivity index (χ3v) is 4.81. The number of ketones is 1. The normalized spacial score (nSPS) is 12.1. The van der Waals surface area contributed by atoms with E-state index in [0.29, 0.717) is 12.1 Å². The lowest BCUT2D eigenvalue weighted by molar-refractivity contribution is 0.0988. The van der Waals surface area contributed by atoms with Crippen LogP contribution in [0.1, 0.15) is 33.8 Å². The molecule has 0 amide bonds. The lowest BCUT2D eigenvalue weighted by Crippen LogP contribution is -2.06. The van der Waals surface area contributed by atoms with Gasteiger partial charge < -0.3 is 4.57 Å². The molecule has 3 rings (SSSR count). The summed E-state index contributed by atoms with van der Waals surface area (Å²) in [5.41, 5.74) is 2.56. The van der Waals surface area contributed by atoms with Crippen LogP contribution in [0.25, 0.3) is 0 Å². The first-order valence-electron chi connectivity index (χ1n) is 7.52. The first-order chi connectivity index (χ1) is 11.6. The van der Waals surface area contributed by atoms with Crippen LogP contribution in [0.3, 0.4) is 0 Å². The number of carbonyl (C=O) groups excluding carboxylic acids is 1. The average Bonchev–Trinajstić information content (AvgIpc) is 3.00. The van der Waals surface area contributed by atoms with E-state index in [-0.39, 0.29) is 11.0 Å². The van der Waals surface area contributed by atoms with Gasteiger partial charge in [0.2, 0.25) is 0 Å². The molecule has 0 saturated heterocycles. The molecule has 1 atom stereocenters. The van der Waals surface area contributed by atoms with E-state index in [2.05, 4.69) is 39.2 Å². The number of aromatic nitrogens is 5. The summed E-state index contributed by atoms with van der Waals surface area (Å²) in [6, 6.07) is 9.70. The van der Waals surface area contributed by atoms with Crippen molar-refractivity contribution in [3.63, 3.8) is 0 Å². The van der Waals surface area contributed by atoms with Crippen molar-refractivity contribution in [2.24, 2.45) is 7.05 Å². The number of carbonyl (C=O) groups is 1. The summed E-state index contributed by atoms with van der Waals surface area (Å²) in [6.45, 7) is 2.12. The molecule has 0 aliphatic heterocycles. The highest BCUT2D eigenvalue weighted by molar-refractivity contribution is 7.99. The van der Waals surface area contributed by atoms with Crippen LogP contribution in [0.15, 0.2) is 54.3 Å². The van der Waals surface area contributed by atoms with Crippen molar-refractivity contribution in [3.8, 4) is 0 Å². The van der Waals surface area contributed by atoms with Gasteiger partial charge in [0.1, 0.15) is 18.3 Å². The molecule has 1 aromatic carbocycles. The van der Waals surface area contributed by atoms with E-state index in [1.54, 1.807) is 30.4 Å². The Hall–Kier alpha value is -2.54. The second-order valence-electron chi connectivity index (χ2n) is 5.42. The molecule has 122 valence electrons. The molecule has 7 heteroatoms. The zero-order valence-electron chi connectivity index (χ0n) is 13.5. The molecule has 0 aliphatic carbocycles. The smallest absolute Gasteiger partial charge is 0.191 e. The number of Topliss-reactive ketones (excluding diaryl/α,β-unsaturated/α-hetero) is 1. The van der Waals surface area contributed by atoms with Gasteiger partial charge in [-0.1, -0.05) is 36.0 Å². The molecule has 0 bridgehead atoms. The van der Waals surface area contributed by atoms with E-state index < -0.39 is 0 Å². The lowest BCUT2D eigenvalue weighted by Gasteiger charge is -2.12. The Kier molecular flexibility index (Phi) is 5.00. The molecule has 2 heterocycles. The van der Waals surface area contributed by atoms with E-state index in [0.717, 1.165) is 16.3 Å². The van der Waals surface area contributed by atoms with Gasteiger partial charge in [-0.15, -0.1) is 10.2 Å². The number of aryl methyl sites for hydroxylation is 1. The molecule has 0 fully saturated rings. The van der Waals surface area contributed by atoms with Crippen molar-refractivity contribution in [3.05, 3.63) is 66.0 Å². The molecule has 6 nitrogen and oxygen atoms in total. The summed E-state index contributed by atoms with van der Waals surface area (Å²) in [7, 11) is 1.92. The number of rotatable bonds is 6. The summed E-state index contributed by atoms with van der Waals surface area (Å²) in [5.74, 6) is -0.0110. The Morgan fingerprint density at radius 1 is 1.33 bits per heavy atom. The topological polar surface area (TPSA) is 73.6 Å². The van der Waals surface area contributed by atoms with Crippen molar-refractivity contribution in [1.82, 2.24) is 24.7 Å². The summed E-state index contributed by atoms with van der Waals surface area (Å²) in [6.07, 6.45) is 4.98. The summed E-state index contributed by atoms with van der Waals surface area (Å²) < 4.78 is 1.89. The van der Waals surface area contributed by atoms with Crippen LogP contribution < -0.4 is 0 Å². The molecular weight excluding hydrogens is 322 g/mol. The Morgan fingerprint density at radius 2 is 2.21 bits per heavy atom. The fraction of sp³-hybridized carbons (Fsp3) is 0.235. The number of nitrogens with zero attached hydrogens (tertiary/aromatic N) is 5. The van der Waals surface area contributed by atoms with Gasteiger partial charge in [-0.25, -0.2) is 9.97 Å². The molecular formula is C17H17N5OS. The molecule has 0 aliphatic rings. The Labute approximate surface area is 144 Å². The highest BCUT2D eigenvalue weighted by atomic mass is 32.2. The monoisotopic (exact) mass is 339 g/mol. The van der Waals surface area contributed by atoms with Gasteiger partial charge in [-0.3, -0.25) is 4.79 Å². The molecule has 2 aromatic heterocycles. The highest BCUT2D eigenvalue weighted by Gasteiger charge is 2.13. The van der Waals surface area contributed by atoms with Gasteiger partial charge in [-0.05, 0) is 24.1 Å². The predicted molar refractivity (Wildman–Crippen MR) is 91.8 cm³/mol. The first-order valence-corrected chi connectivity index (χ1v) is 8.40. The predicted octanol–water partition coefficient (Wildman–Crippen LogP) is 2.88. The van der Waals surface area contributed by atoms with Crippen LogP contribution in [0.4, 0.5) is 0 Å². The van der Waals surface area contributed by atoms with Crippen LogP contribution in [-0.4, -0.2) is 30.5 Å². The van der Waals surface area contributed by atoms with Crippen molar-refractivity contribution in [2.45, 2.75) is 23.8 Å². The fourth-order valence-electron chi connectivity index (χ4n) is 2.29. The minimum absolute atomic E-state index is 0.0110. The average molecular weight is 339 g/mol. The van der Waals surface area contributed by atoms with Gasteiger partial charge in [0.05, 0.1) is 0 Å². The Bertz CT molecular complexity index is 834. The number of hydrogen-bond donors (Lipinski definition) is 0. The molecule has 0 radical (unpaired) electrons. The maximum Gasteiger partial charge on any atom is 0.191 e. The van der Waals surface area contributed by atoms with Crippen LogP contribution in [0.2, 0.25) is 0 Å². The maximum atomic E-state index is 12.3. The van der Waals surface area contributed by atoms with Crippen LogP contribution in [0.5, 0.6) is 0 Å². The second-order valence-corrected chi connectivity index (χ2v) is 6.73. The minimum atomic E-state index is -0.0110. The van der Waals surface area contributed by atoms with Crippen molar-refractivity contribution < 1.29 is 4.79 Å². The highest BCUT2D eigenvalue weighted by Crippen LogP contribution is 2.33. The first kappa shape index (κ1) is 16.3. The largest absolute Gasteiger partial charge is 0.312 e. The van der Waals surface area contributed by atoms with Crippen molar-refractivity contribution >= 4 is 17.5 Å². The van der Waals surface area contributed by atoms with Crippen LogP contribution in [-0.2, 0) is 13.5 Å². The van der Waals surface area contributed by atoms with Crippen LogP contribution in [0, 0.1) is 0 Å². The van der Waals surface area contributed by atoms with E-state index in [1.807, 2.05) is 23.7 Å². The third kappa shape index (κ3) is 3.86. The zero-order valence-corrected chi connectivity index (χ0v) is 14.3. The Balaban J connectivity index is 1.72. The number of benzene rings is 1. The second kappa shape index (κ2) is 7.35. The maximum absolute atomic E-state index is 12.3. The van der Waals surface area contributed by atoms with E-state index >= 15 is 0 Å². The molecule has 3 aromatic rings. The minimum Gasteiger partial charge on any atom is -0.312 e. The van der Waals surface area contributed by atoms with Gasteiger partial charge in [0.15, 0.2) is 10.9 Å². The fourth-order valence-corrected chi connectivity index (χ4v) is 3.20. The quantitative estimate of drug-likeness (QED) is 0.508. The lowest BCUT2D eigenvalue weighted by atomic mass is 10.0. The summed E-state index contributed by atoms with van der Waals surface area (Å²) in [4.78, 5) is 20.1. The molecule has 0 spiro atoms. The van der Waals surface area contributed by atoms with E-state index in [9.17, 15) is 4.79 Å². The summed E-state index contributed by atoms with van der Waals surface area (Å²) >= 11 is 1.64. The molecule has 0 N–H and O–H groups in total. The van der Waals surface area contributed by atoms with Gasteiger partial charge in [-0.2, -0.15) is 0 Å². The number of hydrogen-bond acceptors (Lipinski definition) is 6. The van der Waals surface area contributed by atoms with Crippen molar-refractivity contribution in [1.29, 1.82) is 0 Å².